The molecule has 0 N–H and O–H groups in total. The van der Waals surface area contributed by atoms with E-state index in [0.717, 1.165) is 32.5 Å². The Kier molecular flexibility index (Phi) is 18.7. The number of hydrogen-bond acceptors (Lipinski definition) is 2. The molecule has 0 aromatic carbocycles. The van der Waals surface area contributed by atoms with Crippen molar-refractivity contribution < 1.29 is 28.3 Å². The minimum Gasteiger partial charge on any atom is -0.355 e. The van der Waals surface area contributed by atoms with Crippen LogP contribution in [0, 0.1) is 6.92 Å². The Balaban J connectivity index is 0. The summed E-state index contributed by atoms with van der Waals surface area (Å²) in [6, 6.07) is 0. The predicted molar refractivity (Wildman–Crippen MR) is 55.4 cm³/mol. The summed E-state index contributed by atoms with van der Waals surface area (Å²) in [6.07, 6.45) is 8.22. The van der Waals surface area contributed by atoms with E-state index in [2.05, 4.69) is 19.9 Å². The topological polar surface area (TPSA) is 18.5 Å². The van der Waals surface area contributed by atoms with Gasteiger partial charge in [0.15, 0.2) is 0 Å². The maximum atomic E-state index is 5.23. The van der Waals surface area contributed by atoms with Crippen molar-refractivity contribution in [2.45, 2.75) is 32.6 Å². The molecule has 0 aliphatic carbocycles. The molecule has 0 aromatic heterocycles. The van der Waals surface area contributed by atoms with Crippen LogP contribution >= 0.6 is 0 Å². The minimum absolute atomic E-state index is 0. The summed E-state index contributed by atoms with van der Waals surface area (Å²) >= 11 is 0. The Labute approximate surface area is 100 Å². The molecule has 2 nitrogen and oxygen atoms in total. The third-order valence-electron chi connectivity index (χ3n) is 1.57. The molecule has 0 unspecified atom stereocenters. The Bertz CT molecular complexity index is 116. The number of rotatable bonds is 9. The van der Waals surface area contributed by atoms with Gasteiger partial charge in [0, 0.05) is 6.61 Å². The number of ether oxygens (including phenoxy) is 2. The largest absolute Gasteiger partial charge is 1.00 e. The molecule has 0 aromatic rings. The molecular formula is C11H21LiO2. The van der Waals surface area contributed by atoms with E-state index in [-0.39, 0.29) is 18.9 Å². The van der Waals surface area contributed by atoms with Gasteiger partial charge in [0.25, 0.3) is 0 Å². The summed E-state index contributed by atoms with van der Waals surface area (Å²) in [6.45, 7) is 7.83. The quantitative estimate of drug-likeness (QED) is 0.168. The van der Waals surface area contributed by atoms with Gasteiger partial charge in [0.05, 0.1) is 6.61 Å². The van der Waals surface area contributed by atoms with Gasteiger partial charge >= 0.3 is 18.9 Å². The van der Waals surface area contributed by atoms with E-state index in [1.807, 2.05) is 6.08 Å². The fourth-order valence-electron chi connectivity index (χ4n) is 0.810. The van der Waals surface area contributed by atoms with Crippen molar-refractivity contribution in [2.75, 3.05) is 20.0 Å². The monoisotopic (exact) mass is 192 g/mol. The van der Waals surface area contributed by atoms with Crippen molar-refractivity contribution in [3.05, 3.63) is 19.1 Å². The van der Waals surface area contributed by atoms with Gasteiger partial charge < -0.3 is 16.4 Å². The van der Waals surface area contributed by atoms with Gasteiger partial charge in [0.2, 0.25) is 0 Å². The Morgan fingerprint density at radius 1 is 1.14 bits per heavy atom. The van der Waals surface area contributed by atoms with Crippen molar-refractivity contribution in [2.24, 2.45) is 0 Å². The summed E-state index contributed by atoms with van der Waals surface area (Å²) in [4.78, 5) is 0. The second-order valence-corrected chi connectivity index (χ2v) is 2.84. The van der Waals surface area contributed by atoms with E-state index in [0.29, 0.717) is 6.79 Å². The Morgan fingerprint density at radius 2 is 1.86 bits per heavy atom. The average Bonchev–Trinajstić information content (AvgIpc) is 2.16. The summed E-state index contributed by atoms with van der Waals surface area (Å²) in [5.41, 5.74) is 0. The van der Waals surface area contributed by atoms with Crippen LogP contribution in [0.2, 0.25) is 0 Å². The fraction of sp³-hybridized carbons (Fsp3) is 0.727. The predicted octanol–water partition coefficient (Wildman–Crippen LogP) is -0.0483. The first-order valence-electron chi connectivity index (χ1n) is 5.01. The van der Waals surface area contributed by atoms with Gasteiger partial charge in [-0.2, -0.15) is 6.42 Å². The van der Waals surface area contributed by atoms with Crippen LogP contribution in [0.4, 0.5) is 0 Å². The smallest absolute Gasteiger partial charge is 0.355 e. The second-order valence-electron chi connectivity index (χ2n) is 2.84. The van der Waals surface area contributed by atoms with Gasteiger partial charge in [-0.15, -0.1) is 6.08 Å². The van der Waals surface area contributed by atoms with E-state index in [9.17, 15) is 0 Å². The maximum absolute atomic E-state index is 5.23. The van der Waals surface area contributed by atoms with Crippen molar-refractivity contribution in [1.82, 2.24) is 0 Å². The summed E-state index contributed by atoms with van der Waals surface area (Å²) in [5, 5.41) is 0. The van der Waals surface area contributed by atoms with Crippen LogP contribution in [0.15, 0.2) is 12.2 Å². The molecule has 0 fully saturated rings. The molecule has 0 aliphatic heterocycles. The zero-order valence-corrected chi connectivity index (χ0v) is 9.63. The van der Waals surface area contributed by atoms with Crippen LogP contribution in [0.5, 0.6) is 0 Å². The molecule has 0 saturated heterocycles. The van der Waals surface area contributed by atoms with E-state index in [1.54, 1.807) is 0 Å². The van der Waals surface area contributed by atoms with Crippen molar-refractivity contribution in [3.63, 3.8) is 0 Å². The zero-order valence-electron chi connectivity index (χ0n) is 9.63. The molecule has 0 aliphatic rings. The van der Waals surface area contributed by atoms with Gasteiger partial charge in [-0.1, -0.05) is 19.4 Å². The summed E-state index contributed by atoms with van der Waals surface area (Å²) in [7, 11) is 0. The van der Waals surface area contributed by atoms with Crippen LogP contribution in [-0.2, 0) is 9.47 Å². The van der Waals surface area contributed by atoms with Gasteiger partial charge in [0.1, 0.15) is 6.79 Å². The molecule has 0 bridgehead atoms. The molecule has 0 radical (unpaired) electrons. The van der Waals surface area contributed by atoms with Crippen LogP contribution < -0.4 is 18.9 Å². The molecule has 3 heteroatoms. The van der Waals surface area contributed by atoms with Crippen molar-refractivity contribution >= 4 is 0 Å². The fourth-order valence-corrected chi connectivity index (χ4v) is 0.810. The van der Waals surface area contributed by atoms with Crippen molar-refractivity contribution in [1.29, 1.82) is 0 Å². The van der Waals surface area contributed by atoms with Crippen molar-refractivity contribution in [3.8, 4) is 0 Å². The molecule has 14 heavy (non-hydrogen) atoms. The molecule has 78 valence electrons. The van der Waals surface area contributed by atoms with E-state index < -0.39 is 0 Å². The van der Waals surface area contributed by atoms with Crippen LogP contribution in [0.3, 0.4) is 0 Å². The molecule has 0 spiro atoms. The minimum atomic E-state index is 0. The summed E-state index contributed by atoms with van der Waals surface area (Å²) < 4.78 is 10.5. The van der Waals surface area contributed by atoms with Gasteiger partial charge in [-0.05, 0) is 12.8 Å². The maximum Gasteiger partial charge on any atom is 1.00 e. The van der Waals surface area contributed by atoms with Gasteiger partial charge in [-0.25, -0.2) is 0 Å². The van der Waals surface area contributed by atoms with E-state index in [1.165, 1.54) is 6.42 Å². The molecular weight excluding hydrogens is 171 g/mol. The average molecular weight is 192 g/mol. The molecule has 0 atom stereocenters. The molecule has 0 saturated carbocycles. The first kappa shape index (κ1) is 16.7. The molecule has 0 rings (SSSR count). The third-order valence-corrected chi connectivity index (χ3v) is 1.57. The van der Waals surface area contributed by atoms with E-state index in [4.69, 9.17) is 9.47 Å². The SMILES string of the molecule is [CH2-]CC=CCCOCOCCCC.[Li+]. The summed E-state index contributed by atoms with van der Waals surface area (Å²) in [5.74, 6) is 0. The Hall–Kier alpha value is 0.257. The number of unbranched alkanes of at least 4 members (excludes halogenated alkanes) is 1. The third kappa shape index (κ3) is 14.8. The van der Waals surface area contributed by atoms with Crippen LogP contribution in [0.25, 0.3) is 0 Å². The second kappa shape index (κ2) is 15.7. The number of hydrogen-bond donors (Lipinski definition) is 0. The zero-order chi connectivity index (χ0) is 9.78. The Morgan fingerprint density at radius 3 is 2.50 bits per heavy atom. The standard InChI is InChI=1S/C11H21O2.Li/c1-3-5-7-8-10-13-11-12-9-6-4-2;/h5,7H,1,3-4,6,8-11H2,2H3;/q-1;+1. The van der Waals surface area contributed by atoms with Crippen LogP contribution in [-0.4, -0.2) is 20.0 Å². The first-order valence-corrected chi connectivity index (χ1v) is 5.01. The van der Waals surface area contributed by atoms with E-state index >= 15 is 0 Å². The van der Waals surface area contributed by atoms with Gasteiger partial charge in [-0.3, -0.25) is 0 Å². The molecule has 0 amide bonds. The normalized spacial score (nSPS) is 10.4. The first-order chi connectivity index (χ1) is 6.41. The number of allylic oxidation sites excluding steroid dienone is 1. The van der Waals surface area contributed by atoms with Crippen LogP contribution in [0.1, 0.15) is 32.6 Å². The molecule has 0 heterocycles.